The van der Waals surface area contributed by atoms with Crippen LogP contribution in [-0.4, -0.2) is 5.78 Å². The molecule has 0 N–H and O–H groups in total. The van der Waals surface area contributed by atoms with E-state index in [0.717, 1.165) is 25.7 Å². The summed E-state index contributed by atoms with van der Waals surface area (Å²) in [7, 11) is 0. The summed E-state index contributed by atoms with van der Waals surface area (Å²) in [6.45, 7) is 6.91. The van der Waals surface area contributed by atoms with Gasteiger partial charge in [-0.3, -0.25) is 4.79 Å². The molecule has 3 atom stereocenters. The number of allylic oxidation sites excluding steroid dienone is 4. The second kappa shape index (κ2) is 4.61. The van der Waals surface area contributed by atoms with Crippen LogP contribution in [0.3, 0.4) is 0 Å². The first-order valence-electron chi connectivity index (χ1n) is 7.91. The molecule has 0 radical (unpaired) electrons. The Bertz CT molecular complexity index is 452. The normalized spacial score (nSPS) is 37.6. The zero-order valence-corrected chi connectivity index (χ0v) is 12.5. The van der Waals surface area contributed by atoms with Crippen LogP contribution in [0.4, 0.5) is 0 Å². The summed E-state index contributed by atoms with van der Waals surface area (Å²) in [6.07, 6.45) is 11.4. The minimum Gasteiger partial charge on any atom is -0.299 e. The third-order valence-corrected chi connectivity index (χ3v) is 5.95. The van der Waals surface area contributed by atoms with Crippen LogP contribution in [-0.2, 0) is 4.79 Å². The average Bonchev–Trinajstić information content (AvgIpc) is 2.37. The van der Waals surface area contributed by atoms with Gasteiger partial charge in [-0.2, -0.15) is 0 Å². The number of hydrogen-bond donors (Lipinski definition) is 0. The van der Waals surface area contributed by atoms with Crippen LogP contribution in [0.15, 0.2) is 23.3 Å². The van der Waals surface area contributed by atoms with Crippen LogP contribution in [0.1, 0.15) is 59.3 Å². The average molecular weight is 258 g/mol. The van der Waals surface area contributed by atoms with Gasteiger partial charge in [-0.25, -0.2) is 0 Å². The lowest BCUT2D eigenvalue weighted by molar-refractivity contribution is -0.132. The van der Waals surface area contributed by atoms with Gasteiger partial charge in [0.2, 0.25) is 0 Å². The Labute approximate surface area is 117 Å². The van der Waals surface area contributed by atoms with Crippen LogP contribution in [0.25, 0.3) is 0 Å². The molecule has 0 unspecified atom stereocenters. The minimum atomic E-state index is 0.103. The highest BCUT2D eigenvalue weighted by Gasteiger charge is 2.46. The first-order chi connectivity index (χ1) is 9.01. The number of Topliss-reactive ketones (excluding diaryl/α,β-unsaturated/α-hetero) is 1. The van der Waals surface area contributed by atoms with E-state index in [1.165, 1.54) is 12.8 Å². The van der Waals surface area contributed by atoms with E-state index in [1.807, 2.05) is 0 Å². The van der Waals surface area contributed by atoms with Gasteiger partial charge in [0.05, 0.1) is 0 Å². The maximum Gasteiger partial charge on any atom is 0.140 e. The van der Waals surface area contributed by atoms with Gasteiger partial charge in [-0.1, -0.05) is 37.1 Å². The summed E-state index contributed by atoms with van der Waals surface area (Å²) >= 11 is 0. The Kier molecular flexibility index (Phi) is 3.19. The molecule has 1 saturated carbocycles. The van der Waals surface area contributed by atoms with E-state index >= 15 is 0 Å². The number of carbonyl (C=O) groups is 1. The highest BCUT2D eigenvalue weighted by molar-refractivity contribution is 5.85. The fourth-order valence-electron chi connectivity index (χ4n) is 4.78. The monoisotopic (exact) mass is 258 g/mol. The molecule has 1 heteroatoms. The van der Waals surface area contributed by atoms with Gasteiger partial charge in [-0.15, -0.1) is 0 Å². The number of fused-ring (bicyclic) bond motifs is 3. The van der Waals surface area contributed by atoms with E-state index in [2.05, 4.69) is 32.9 Å². The molecule has 3 aliphatic rings. The van der Waals surface area contributed by atoms with Crippen molar-refractivity contribution < 1.29 is 4.79 Å². The molecule has 0 aromatic rings. The Morgan fingerprint density at radius 2 is 1.95 bits per heavy atom. The van der Waals surface area contributed by atoms with Gasteiger partial charge in [0.15, 0.2) is 0 Å². The van der Waals surface area contributed by atoms with Gasteiger partial charge < -0.3 is 0 Å². The largest absolute Gasteiger partial charge is 0.299 e. The van der Waals surface area contributed by atoms with E-state index in [0.29, 0.717) is 17.6 Å². The predicted molar refractivity (Wildman–Crippen MR) is 78.8 cm³/mol. The predicted octanol–water partition coefficient (Wildman–Crippen LogP) is 4.68. The molecule has 3 aliphatic carbocycles. The Balaban J connectivity index is 2.02. The van der Waals surface area contributed by atoms with Gasteiger partial charge in [0, 0.05) is 11.8 Å². The maximum absolute atomic E-state index is 13.0. The smallest absolute Gasteiger partial charge is 0.140 e. The second-order valence-corrected chi connectivity index (χ2v) is 7.29. The molecule has 3 rings (SSSR count). The lowest BCUT2D eigenvalue weighted by Crippen LogP contribution is -2.43. The highest BCUT2D eigenvalue weighted by atomic mass is 16.1. The summed E-state index contributed by atoms with van der Waals surface area (Å²) < 4.78 is 0. The molecule has 2 bridgehead atoms. The Morgan fingerprint density at radius 3 is 2.74 bits per heavy atom. The summed E-state index contributed by atoms with van der Waals surface area (Å²) in [5.74, 6) is 1.67. The molecule has 0 aromatic carbocycles. The molecular formula is C18H26O. The molecular weight excluding hydrogens is 232 g/mol. The minimum absolute atomic E-state index is 0.103. The van der Waals surface area contributed by atoms with Crippen molar-refractivity contribution in [1.82, 2.24) is 0 Å². The van der Waals surface area contributed by atoms with Gasteiger partial charge in [0.1, 0.15) is 5.78 Å². The third-order valence-electron chi connectivity index (χ3n) is 5.95. The lowest BCUT2D eigenvalue weighted by atomic mass is 9.57. The van der Waals surface area contributed by atoms with E-state index < -0.39 is 0 Å². The molecule has 0 spiro atoms. The van der Waals surface area contributed by atoms with Gasteiger partial charge in [-0.05, 0) is 56.8 Å². The second-order valence-electron chi connectivity index (χ2n) is 7.29. The summed E-state index contributed by atoms with van der Waals surface area (Å²) in [5, 5.41) is 0. The molecule has 1 fully saturated rings. The highest BCUT2D eigenvalue weighted by Crippen LogP contribution is 2.51. The van der Waals surface area contributed by atoms with E-state index in [1.54, 1.807) is 11.1 Å². The van der Waals surface area contributed by atoms with Crippen molar-refractivity contribution in [2.75, 3.05) is 0 Å². The summed E-state index contributed by atoms with van der Waals surface area (Å²) in [4.78, 5) is 13.0. The quantitative estimate of drug-likeness (QED) is 0.576. The van der Waals surface area contributed by atoms with Crippen molar-refractivity contribution in [1.29, 1.82) is 0 Å². The summed E-state index contributed by atoms with van der Waals surface area (Å²) in [6, 6.07) is 0. The molecule has 104 valence electrons. The molecule has 0 aliphatic heterocycles. The zero-order valence-electron chi connectivity index (χ0n) is 12.5. The van der Waals surface area contributed by atoms with Crippen molar-refractivity contribution in [3.8, 4) is 0 Å². The van der Waals surface area contributed by atoms with Crippen LogP contribution >= 0.6 is 0 Å². The van der Waals surface area contributed by atoms with Crippen molar-refractivity contribution in [2.24, 2.45) is 23.2 Å². The van der Waals surface area contributed by atoms with Crippen molar-refractivity contribution in [2.45, 2.75) is 59.3 Å². The molecule has 0 aromatic heterocycles. The van der Waals surface area contributed by atoms with Crippen molar-refractivity contribution in [3.05, 3.63) is 23.3 Å². The summed E-state index contributed by atoms with van der Waals surface area (Å²) in [5.41, 5.74) is 3.26. The van der Waals surface area contributed by atoms with E-state index in [-0.39, 0.29) is 11.3 Å². The Hall–Kier alpha value is -0.850. The number of rotatable bonds is 0. The van der Waals surface area contributed by atoms with Crippen molar-refractivity contribution >= 4 is 5.78 Å². The van der Waals surface area contributed by atoms with E-state index in [9.17, 15) is 4.79 Å². The SMILES string of the molecule is CC1=C2CC[C@H]3C=CCC[C@H]3C(=O)[C@H](CC1)C2(C)C. The first kappa shape index (κ1) is 13.1. The zero-order chi connectivity index (χ0) is 13.6. The Morgan fingerprint density at radius 1 is 1.16 bits per heavy atom. The number of hydrogen-bond acceptors (Lipinski definition) is 1. The third kappa shape index (κ3) is 2.02. The van der Waals surface area contributed by atoms with Gasteiger partial charge in [0.25, 0.3) is 0 Å². The molecule has 0 amide bonds. The maximum atomic E-state index is 13.0. The molecule has 0 saturated heterocycles. The molecule has 1 nitrogen and oxygen atoms in total. The topological polar surface area (TPSA) is 17.1 Å². The number of carbonyl (C=O) groups excluding carboxylic acids is 1. The van der Waals surface area contributed by atoms with Crippen LogP contribution in [0.5, 0.6) is 0 Å². The fraction of sp³-hybridized carbons (Fsp3) is 0.722. The van der Waals surface area contributed by atoms with Crippen LogP contribution in [0.2, 0.25) is 0 Å². The molecule has 0 heterocycles. The van der Waals surface area contributed by atoms with Crippen LogP contribution in [0, 0.1) is 23.2 Å². The fourth-order valence-corrected chi connectivity index (χ4v) is 4.78. The first-order valence-corrected chi connectivity index (χ1v) is 7.91. The standard InChI is InChI=1S/C18H26O/c1-12-8-10-16-17(19)14-7-5-4-6-13(14)9-11-15(12)18(16,2)3/h4,6,13-14,16H,5,7-11H2,1-3H3/t13-,14-,16+/m1/s1. The van der Waals surface area contributed by atoms with E-state index in [4.69, 9.17) is 0 Å². The number of ketones is 1. The molecule has 19 heavy (non-hydrogen) atoms. The van der Waals surface area contributed by atoms with Crippen molar-refractivity contribution in [3.63, 3.8) is 0 Å². The van der Waals surface area contributed by atoms with Gasteiger partial charge >= 0.3 is 0 Å². The lowest BCUT2D eigenvalue weighted by Gasteiger charge is -2.46. The van der Waals surface area contributed by atoms with Crippen LogP contribution < -0.4 is 0 Å².